The van der Waals surface area contributed by atoms with E-state index in [1.165, 1.54) is 12.3 Å². The summed E-state index contributed by atoms with van der Waals surface area (Å²) < 4.78 is 5.35. The van der Waals surface area contributed by atoms with E-state index in [1.54, 1.807) is 24.3 Å². The van der Waals surface area contributed by atoms with Gasteiger partial charge in [-0.1, -0.05) is 6.07 Å². The SMILES string of the molecule is Nc1nccc(Oc2cccc(O)c2)n1. The van der Waals surface area contributed by atoms with E-state index in [2.05, 4.69) is 9.97 Å². The highest BCUT2D eigenvalue weighted by atomic mass is 16.5. The lowest BCUT2D eigenvalue weighted by Crippen LogP contribution is -1.95. The van der Waals surface area contributed by atoms with Crippen LogP contribution < -0.4 is 10.5 Å². The molecule has 0 saturated heterocycles. The van der Waals surface area contributed by atoms with Crippen molar-refractivity contribution < 1.29 is 9.84 Å². The van der Waals surface area contributed by atoms with Gasteiger partial charge in [-0.3, -0.25) is 0 Å². The predicted octanol–water partition coefficient (Wildman–Crippen LogP) is 1.56. The molecule has 1 aromatic heterocycles. The van der Waals surface area contributed by atoms with Crippen molar-refractivity contribution in [3.63, 3.8) is 0 Å². The first-order valence-electron chi connectivity index (χ1n) is 4.29. The van der Waals surface area contributed by atoms with Crippen LogP contribution in [0.25, 0.3) is 0 Å². The lowest BCUT2D eigenvalue weighted by molar-refractivity contribution is 0.445. The fourth-order valence-electron chi connectivity index (χ4n) is 1.08. The van der Waals surface area contributed by atoms with Gasteiger partial charge in [-0.25, -0.2) is 4.98 Å². The Kier molecular flexibility index (Phi) is 2.37. The molecule has 0 saturated carbocycles. The number of aromatic nitrogens is 2. The average molecular weight is 203 g/mol. The summed E-state index contributed by atoms with van der Waals surface area (Å²) in [5.74, 6) is 1.11. The molecule has 0 bridgehead atoms. The summed E-state index contributed by atoms with van der Waals surface area (Å²) in [6, 6.07) is 8.01. The second-order valence-corrected chi connectivity index (χ2v) is 2.85. The Labute approximate surface area is 86.2 Å². The third-order valence-electron chi connectivity index (χ3n) is 1.69. The van der Waals surface area contributed by atoms with Crippen molar-refractivity contribution in [2.24, 2.45) is 0 Å². The Balaban J connectivity index is 2.22. The molecule has 0 fully saturated rings. The van der Waals surface area contributed by atoms with Crippen LogP contribution in [0, 0.1) is 0 Å². The second kappa shape index (κ2) is 3.83. The fraction of sp³-hybridized carbons (Fsp3) is 0. The highest BCUT2D eigenvalue weighted by Gasteiger charge is 1.99. The van der Waals surface area contributed by atoms with Crippen molar-refractivity contribution in [1.82, 2.24) is 9.97 Å². The highest BCUT2D eigenvalue weighted by molar-refractivity contribution is 5.34. The van der Waals surface area contributed by atoms with Crippen LogP contribution in [-0.2, 0) is 0 Å². The van der Waals surface area contributed by atoms with Crippen LogP contribution >= 0.6 is 0 Å². The second-order valence-electron chi connectivity index (χ2n) is 2.85. The van der Waals surface area contributed by atoms with E-state index < -0.39 is 0 Å². The van der Waals surface area contributed by atoms with Crippen LogP contribution in [0.4, 0.5) is 5.95 Å². The summed E-state index contributed by atoms with van der Waals surface area (Å²) in [7, 11) is 0. The highest BCUT2D eigenvalue weighted by Crippen LogP contribution is 2.22. The minimum absolute atomic E-state index is 0.134. The molecule has 0 amide bonds. The molecule has 15 heavy (non-hydrogen) atoms. The number of hydrogen-bond donors (Lipinski definition) is 2. The Morgan fingerprint density at radius 2 is 2.13 bits per heavy atom. The van der Waals surface area contributed by atoms with Crippen molar-refractivity contribution in [2.75, 3.05) is 5.73 Å². The van der Waals surface area contributed by atoms with Crippen LogP contribution in [0.1, 0.15) is 0 Å². The molecule has 0 aliphatic rings. The molecule has 0 aliphatic heterocycles. The quantitative estimate of drug-likeness (QED) is 0.773. The van der Waals surface area contributed by atoms with Crippen LogP contribution in [-0.4, -0.2) is 15.1 Å². The normalized spacial score (nSPS) is 9.87. The minimum atomic E-state index is 0.134. The van der Waals surface area contributed by atoms with E-state index in [-0.39, 0.29) is 11.7 Å². The number of nitrogens with two attached hydrogens (primary N) is 1. The zero-order valence-electron chi connectivity index (χ0n) is 7.79. The van der Waals surface area contributed by atoms with E-state index in [1.807, 2.05) is 0 Å². The molecule has 5 nitrogen and oxygen atoms in total. The molecular weight excluding hydrogens is 194 g/mol. The van der Waals surface area contributed by atoms with Crippen molar-refractivity contribution in [1.29, 1.82) is 0 Å². The Hall–Kier alpha value is -2.30. The van der Waals surface area contributed by atoms with Crippen molar-refractivity contribution in [2.45, 2.75) is 0 Å². The number of ether oxygens (including phenoxy) is 1. The summed E-state index contributed by atoms with van der Waals surface area (Å²) in [4.78, 5) is 7.60. The number of phenols is 1. The Morgan fingerprint density at radius 3 is 2.87 bits per heavy atom. The maximum absolute atomic E-state index is 9.21. The van der Waals surface area contributed by atoms with E-state index in [0.717, 1.165) is 0 Å². The summed E-state index contributed by atoms with van der Waals surface area (Å²) in [6.45, 7) is 0. The van der Waals surface area contributed by atoms with E-state index >= 15 is 0 Å². The van der Waals surface area contributed by atoms with Gasteiger partial charge in [0.2, 0.25) is 11.8 Å². The van der Waals surface area contributed by atoms with Gasteiger partial charge in [-0.2, -0.15) is 4.98 Å². The molecule has 2 aromatic rings. The third-order valence-corrected chi connectivity index (χ3v) is 1.69. The maximum atomic E-state index is 9.21. The van der Waals surface area contributed by atoms with E-state index in [9.17, 15) is 5.11 Å². The predicted molar refractivity (Wildman–Crippen MR) is 54.6 cm³/mol. The van der Waals surface area contributed by atoms with E-state index in [4.69, 9.17) is 10.5 Å². The third kappa shape index (κ3) is 2.34. The summed E-state index contributed by atoms with van der Waals surface area (Å²) in [6.07, 6.45) is 1.50. The molecule has 0 atom stereocenters. The van der Waals surface area contributed by atoms with Crippen molar-refractivity contribution >= 4 is 5.95 Å². The van der Waals surface area contributed by atoms with Gasteiger partial charge < -0.3 is 15.6 Å². The van der Waals surface area contributed by atoms with Crippen molar-refractivity contribution in [3.8, 4) is 17.4 Å². The van der Waals surface area contributed by atoms with Crippen LogP contribution in [0.15, 0.2) is 36.5 Å². The molecule has 76 valence electrons. The number of rotatable bonds is 2. The average Bonchev–Trinajstić information content (AvgIpc) is 2.17. The summed E-state index contributed by atoms with van der Waals surface area (Å²) in [5, 5.41) is 9.21. The smallest absolute Gasteiger partial charge is 0.224 e. The standard InChI is InChI=1S/C10H9N3O2/c11-10-12-5-4-9(13-10)15-8-3-1-2-7(14)6-8/h1-6,14H,(H2,11,12,13). The van der Waals surface area contributed by atoms with Gasteiger partial charge >= 0.3 is 0 Å². The first-order valence-corrected chi connectivity index (χ1v) is 4.29. The van der Waals surface area contributed by atoms with Gasteiger partial charge in [0.25, 0.3) is 0 Å². The maximum Gasteiger partial charge on any atom is 0.224 e. The lowest BCUT2D eigenvalue weighted by atomic mass is 10.3. The molecule has 0 radical (unpaired) electrons. The number of nitrogens with zero attached hydrogens (tertiary/aromatic N) is 2. The number of hydrogen-bond acceptors (Lipinski definition) is 5. The zero-order chi connectivity index (χ0) is 10.7. The first kappa shape index (κ1) is 9.26. The van der Waals surface area contributed by atoms with Crippen LogP contribution in [0.2, 0.25) is 0 Å². The molecule has 0 spiro atoms. The Bertz CT molecular complexity index is 430. The van der Waals surface area contributed by atoms with Gasteiger partial charge in [-0.15, -0.1) is 0 Å². The topological polar surface area (TPSA) is 81.3 Å². The number of benzene rings is 1. The molecule has 0 unspecified atom stereocenters. The monoisotopic (exact) mass is 203 g/mol. The Morgan fingerprint density at radius 1 is 1.27 bits per heavy atom. The van der Waals surface area contributed by atoms with Crippen LogP contribution in [0.5, 0.6) is 17.4 Å². The molecule has 1 aromatic carbocycles. The van der Waals surface area contributed by atoms with Gasteiger partial charge in [0.1, 0.15) is 11.5 Å². The number of phenolic OH excluding ortho intramolecular Hbond substituents is 1. The number of nitrogen functional groups attached to an aromatic ring is 1. The van der Waals surface area contributed by atoms with Gasteiger partial charge in [0.05, 0.1) is 0 Å². The molecule has 2 rings (SSSR count). The van der Waals surface area contributed by atoms with Crippen molar-refractivity contribution in [3.05, 3.63) is 36.5 Å². The molecular formula is C10H9N3O2. The fourth-order valence-corrected chi connectivity index (χ4v) is 1.08. The van der Waals surface area contributed by atoms with Gasteiger partial charge in [0, 0.05) is 18.3 Å². The van der Waals surface area contributed by atoms with Gasteiger partial charge in [-0.05, 0) is 12.1 Å². The summed E-state index contributed by atoms with van der Waals surface area (Å²) >= 11 is 0. The molecule has 1 heterocycles. The summed E-state index contributed by atoms with van der Waals surface area (Å²) in [5.41, 5.74) is 5.39. The molecule has 3 N–H and O–H groups in total. The molecule has 5 heteroatoms. The van der Waals surface area contributed by atoms with E-state index in [0.29, 0.717) is 11.6 Å². The lowest BCUT2D eigenvalue weighted by Gasteiger charge is -2.04. The zero-order valence-corrected chi connectivity index (χ0v) is 7.79. The number of anilines is 1. The minimum Gasteiger partial charge on any atom is -0.508 e. The first-order chi connectivity index (χ1) is 7.24. The van der Waals surface area contributed by atoms with Gasteiger partial charge in [0.15, 0.2) is 0 Å². The van der Waals surface area contributed by atoms with Crippen LogP contribution in [0.3, 0.4) is 0 Å². The number of aromatic hydroxyl groups is 1. The largest absolute Gasteiger partial charge is 0.508 e. The molecule has 0 aliphatic carbocycles.